The van der Waals surface area contributed by atoms with E-state index in [0.717, 1.165) is 0 Å². The number of rotatable bonds is 6. The van der Waals surface area contributed by atoms with Crippen LogP contribution in [0.2, 0.25) is 0 Å². The van der Waals surface area contributed by atoms with Crippen LogP contribution in [0.25, 0.3) is 11.3 Å². The average Bonchev–Trinajstić information content (AvgIpc) is 3.22. The maximum atomic E-state index is 13.0. The van der Waals surface area contributed by atoms with Gasteiger partial charge < -0.3 is 13.9 Å². The standard InChI is InChI=1S/C21H16FNO6/c1-27-17-5-3-2-4-15(17)20(25)23-19(24)12-28-21(26)18-11-10-16(29-18)13-6-8-14(22)9-7-13/h2-11H,12H2,1H3,(H,23,24,25). The molecule has 0 aliphatic rings. The van der Waals surface area contributed by atoms with Gasteiger partial charge in [-0.15, -0.1) is 0 Å². The summed E-state index contributed by atoms with van der Waals surface area (Å²) in [6.45, 7) is -0.674. The van der Waals surface area contributed by atoms with Crippen LogP contribution < -0.4 is 10.1 Å². The van der Waals surface area contributed by atoms with Crippen LogP contribution in [0.1, 0.15) is 20.9 Å². The molecule has 1 heterocycles. The van der Waals surface area contributed by atoms with Crippen LogP contribution in [-0.4, -0.2) is 31.5 Å². The number of furan rings is 1. The fourth-order valence-electron chi connectivity index (χ4n) is 2.48. The van der Waals surface area contributed by atoms with Crippen molar-refractivity contribution in [3.63, 3.8) is 0 Å². The first-order valence-electron chi connectivity index (χ1n) is 8.48. The van der Waals surface area contributed by atoms with Gasteiger partial charge in [-0.2, -0.15) is 0 Å². The van der Waals surface area contributed by atoms with Gasteiger partial charge in [-0.25, -0.2) is 9.18 Å². The zero-order valence-corrected chi connectivity index (χ0v) is 15.3. The summed E-state index contributed by atoms with van der Waals surface area (Å²) in [6, 6.07) is 14.8. The minimum Gasteiger partial charge on any atom is -0.496 e. The number of esters is 1. The number of carbonyl (C=O) groups is 3. The van der Waals surface area contributed by atoms with E-state index < -0.39 is 30.2 Å². The second-order valence-corrected chi connectivity index (χ2v) is 5.82. The fraction of sp³-hybridized carbons (Fsp3) is 0.0952. The van der Waals surface area contributed by atoms with Crippen molar-refractivity contribution >= 4 is 17.8 Å². The summed E-state index contributed by atoms with van der Waals surface area (Å²) in [5, 5.41) is 2.11. The van der Waals surface area contributed by atoms with Gasteiger partial charge in [-0.3, -0.25) is 14.9 Å². The topological polar surface area (TPSA) is 94.8 Å². The number of nitrogens with one attached hydrogen (secondary N) is 1. The molecule has 0 aliphatic heterocycles. The lowest BCUT2D eigenvalue weighted by molar-refractivity contribution is -0.123. The van der Waals surface area contributed by atoms with Gasteiger partial charge in [0.1, 0.15) is 17.3 Å². The second-order valence-electron chi connectivity index (χ2n) is 5.82. The first kappa shape index (κ1) is 19.8. The van der Waals surface area contributed by atoms with E-state index >= 15 is 0 Å². The number of amides is 2. The molecule has 3 aromatic rings. The summed E-state index contributed by atoms with van der Waals surface area (Å²) in [4.78, 5) is 36.1. The Bertz CT molecular complexity index is 1040. The van der Waals surface area contributed by atoms with Crippen molar-refractivity contribution in [2.75, 3.05) is 13.7 Å². The number of benzene rings is 2. The van der Waals surface area contributed by atoms with E-state index in [1.807, 2.05) is 0 Å². The van der Waals surface area contributed by atoms with Gasteiger partial charge >= 0.3 is 5.97 Å². The molecule has 0 radical (unpaired) electrons. The van der Waals surface area contributed by atoms with Gasteiger partial charge in [0.05, 0.1) is 12.7 Å². The number of para-hydroxylation sites is 1. The fourth-order valence-corrected chi connectivity index (χ4v) is 2.48. The molecule has 0 atom stereocenters. The SMILES string of the molecule is COc1ccccc1C(=O)NC(=O)COC(=O)c1ccc(-c2ccc(F)cc2)o1. The van der Waals surface area contributed by atoms with Gasteiger partial charge in [0.25, 0.3) is 11.8 Å². The molecule has 0 fully saturated rings. The molecule has 29 heavy (non-hydrogen) atoms. The van der Waals surface area contributed by atoms with Crippen molar-refractivity contribution in [1.82, 2.24) is 5.32 Å². The van der Waals surface area contributed by atoms with Crippen molar-refractivity contribution in [2.24, 2.45) is 0 Å². The molecule has 0 saturated heterocycles. The molecular formula is C21H16FNO6. The van der Waals surface area contributed by atoms with E-state index in [0.29, 0.717) is 17.1 Å². The molecule has 2 aromatic carbocycles. The van der Waals surface area contributed by atoms with Crippen LogP contribution >= 0.6 is 0 Å². The summed E-state index contributed by atoms with van der Waals surface area (Å²) in [7, 11) is 1.40. The minimum absolute atomic E-state index is 0.131. The maximum absolute atomic E-state index is 13.0. The highest BCUT2D eigenvalue weighted by atomic mass is 19.1. The third-order valence-electron chi connectivity index (χ3n) is 3.87. The Labute approximate surface area is 165 Å². The van der Waals surface area contributed by atoms with Crippen LogP contribution in [0, 0.1) is 5.82 Å². The Morgan fingerprint density at radius 2 is 1.72 bits per heavy atom. The van der Waals surface area contributed by atoms with Crippen LogP contribution in [0.4, 0.5) is 4.39 Å². The molecule has 0 unspecified atom stereocenters. The lowest BCUT2D eigenvalue weighted by Gasteiger charge is -2.08. The van der Waals surface area contributed by atoms with Crippen molar-refractivity contribution < 1.29 is 32.7 Å². The highest BCUT2D eigenvalue weighted by molar-refractivity contribution is 6.06. The number of halogens is 1. The van der Waals surface area contributed by atoms with Gasteiger partial charge in [0.2, 0.25) is 5.76 Å². The molecule has 0 bridgehead atoms. The van der Waals surface area contributed by atoms with E-state index in [4.69, 9.17) is 13.9 Å². The zero-order valence-electron chi connectivity index (χ0n) is 15.3. The molecule has 0 spiro atoms. The van der Waals surface area contributed by atoms with Crippen molar-refractivity contribution in [2.45, 2.75) is 0 Å². The maximum Gasteiger partial charge on any atom is 0.374 e. The van der Waals surface area contributed by atoms with Gasteiger partial charge in [-0.05, 0) is 48.5 Å². The minimum atomic E-state index is -0.877. The van der Waals surface area contributed by atoms with Crippen LogP contribution in [0.5, 0.6) is 5.75 Å². The van der Waals surface area contributed by atoms with Crippen LogP contribution in [-0.2, 0) is 9.53 Å². The Kier molecular flexibility index (Phi) is 6.03. The number of imide groups is 1. The van der Waals surface area contributed by atoms with E-state index in [1.54, 1.807) is 18.2 Å². The summed E-state index contributed by atoms with van der Waals surface area (Å²) in [5.74, 6) is -2.24. The number of carbonyl (C=O) groups excluding carboxylic acids is 3. The third kappa shape index (κ3) is 4.86. The van der Waals surface area contributed by atoms with Gasteiger partial charge in [0, 0.05) is 5.56 Å². The largest absolute Gasteiger partial charge is 0.496 e. The van der Waals surface area contributed by atoms with E-state index in [9.17, 15) is 18.8 Å². The highest BCUT2D eigenvalue weighted by Gasteiger charge is 2.18. The lowest BCUT2D eigenvalue weighted by Crippen LogP contribution is -2.34. The molecule has 7 nitrogen and oxygen atoms in total. The quantitative estimate of drug-likeness (QED) is 0.642. The summed E-state index contributed by atoms with van der Waals surface area (Å²) in [5.41, 5.74) is 0.746. The van der Waals surface area contributed by atoms with Crippen LogP contribution in [0.15, 0.2) is 65.1 Å². The molecule has 1 aromatic heterocycles. The van der Waals surface area contributed by atoms with Gasteiger partial charge in [0.15, 0.2) is 6.61 Å². The predicted molar refractivity (Wildman–Crippen MR) is 99.9 cm³/mol. The highest BCUT2D eigenvalue weighted by Crippen LogP contribution is 2.23. The summed E-state index contributed by atoms with van der Waals surface area (Å²) < 4.78 is 28.3. The zero-order chi connectivity index (χ0) is 20.8. The predicted octanol–water partition coefficient (Wildman–Crippen LogP) is 3.21. The van der Waals surface area contributed by atoms with Crippen LogP contribution in [0.3, 0.4) is 0 Å². The van der Waals surface area contributed by atoms with Crippen molar-refractivity contribution in [3.8, 4) is 17.1 Å². The molecule has 2 amide bonds. The average molecular weight is 397 g/mol. The Hall–Kier alpha value is -3.94. The first-order valence-corrected chi connectivity index (χ1v) is 8.48. The molecule has 3 rings (SSSR count). The Morgan fingerprint density at radius 3 is 2.45 bits per heavy atom. The van der Waals surface area contributed by atoms with Crippen molar-refractivity contribution in [3.05, 3.63) is 77.8 Å². The molecule has 0 aliphatic carbocycles. The number of ether oxygens (including phenoxy) is 2. The van der Waals surface area contributed by atoms with E-state index in [2.05, 4.69) is 5.32 Å². The first-order chi connectivity index (χ1) is 14.0. The monoisotopic (exact) mass is 397 g/mol. The lowest BCUT2D eigenvalue weighted by atomic mass is 10.2. The Morgan fingerprint density at radius 1 is 1.00 bits per heavy atom. The van der Waals surface area contributed by atoms with E-state index in [1.165, 1.54) is 49.6 Å². The number of methoxy groups -OCH3 is 1. The molecule has 1 N–H and O–H groups in total. The molecular weight excluding hydrogens is 381 g/mol. The second kappa shape index (κ2) is 8.83. The summed E-state index contributed by atoms with van der Waals surface area (Å²) >= 11 is 0. The molecule has 8 heteroatoms. The third-order valence-corrected chi connectivity index (χ3v) is 3.87. The number of hydrogen-bond acceptors (Lipinski definition) is 6. The smallest absolute Gasteiger partial charge is 0.374 e. The Balaban J connectivity index is 1.56. The number of hydrogen-bond donors (Lipinski definition) is 1. The molecule has 0 saturated carbocycles. The normalized spacial score (nSPS) is 10.3. The van der Waals surface area contributed by atoms with Gasteiger partial charge in [-0.1, -0.05) is 12.1 Å². The summed E-state index contributed by atoms with van der Waals surface area (Å²) in [6.07, 6.45) is 0. The molecule has 148 valence electrons. The van der Waals surface area contributed by atoms with E-state index in [-0.39, 0.29) is 11.3 Å². The van der Waals surface area contributed by atoms with Crippen molar-refractivity contribution in [1.29, 1.82) is 0 Å².